The maximum absolute atomic E-state index is 14.6. The van der Waals surface area contributed by atoms with Gasteiger partial charge < -0.3 is 44.2 Å². The van der Waals surface area contributed by atoms with Crippen LogP contribution in [-0.4, -0.2) is 70.0 Å². The summed E-state index contributed by atoms with van der Waals surface area (Å²) in [6, 6.07) is 18.9. The Kier molecular flexibility index (Phi) is 13.6. The van der Waals surface area contributed by atoms with E-state index in [4.69, 9.17) is 28.3 Å². The summed E-state index contributed by atoms with van der Waals surface area (Å²) in [5.74, 6) is 3.10. The average Bonchev–Trinajstić information content (AvgIpc) is 3.56. The van der Waals surface area contributed by atoms with Gasteiger partial charge >= 0.3 is 7.12 Å². The van der Waals surface area contributed by atoms with Crippen LogP contribution in [0.5, 0.6) is 28.7 Å². The first-order valence-corrected chi connectivity index (χ1v) is 21.1. The third-order valence-electron chi connectivity index (χ3n) is 12.8. The minimum Gasteiger partial charge on any atom is -0.493 e. The Morgan fingerprint density at radius 2 is 1.58 bits per heavy atom. The Labute approximate surface area is 351 Å². The van der Waals surface area contributed by atoms with Gasteiger partial charge in [0.2, 0.25) is 17.6 Å². The van der Waals surface area contributed by atoms with Gasteiger partial charge in [-0.25, -0.2) is 0 Å². The molecule has 12 heteroatoms. The van der Waals surface area contributed by atoms with E-state index in [1.54, 1.807) is 13.2 Å². The zero-order valence-corrected chi connectivity index (χ0v) is 36.6. The molecule has 11 nitrogen and oxygen atoms in total. The molecule has 2 amide bonds. The normalized spacial score (nSPS) is 23.0. The molecule has 4 fully saturated rings. The van der Waals surface area contributed by atoms with E-state index in [1.165, 1.54) is 20.6 Å². The second kappa shape index (κ2) is 18.3. The van der Waals surface area contributed by atoms with Crippen LogP contribution in [0.15, 0.2) is 79.0 Å². The molecule has 3 N–H and O–H groups in total. The van der Waals surface area contributed by atoms with Crippen LogP contribution in [0.2, 0.25) is 0 Å². The standard InChI is InChI=1S/C47H64BN3O8/c1-28(2)22-40(48-58-39-27-33-26-38(46(33,6)7)47(39,8)59-48)49-30(5)42(29(3)4)51-45(53)36(25-32-20-21-37(54-9)44(56-11)43(32)55-10)50-41(52)24-31-16-15-19-35(23-31)57-34-17-13-12-14-18-34/h12-21,23,28-29,33,36,38-40,42,49H,5,22,24-27H2,1-4,6-11H3,(H,50,52)(H,51,53)/t33-,36+,38-,39-,40+,42+,47+/m1/s1. The van der Waals surface area contributed by atoms with Crippen LogP contribution < -0.4 is 34.9 Å². The lowest BCUT2D eigenvalue weighted by molar-refractivity contribution is -0.199. The van der Waals surface area contributed by atoms with Gasteiger partial charge in [-0.05, 0) is 91.2 Å². The first kappa shape index (κ1) is 43.9. The van der Waals surface area contributed by atoms with Gasteiger partial charge in [-0.1, -0.05) is 84.5 Å². The third-order valence-corrected chi connectivity index (χ3v) is 12.8. The zero-order chi connectivity index (χ0) is 42.6. The largest absolute Gasteiger partial charge is 0.493 e. The number of rotatable bonds is 19. The maximum atomic E-state index is 14.6. The fourth-order valence-corrected chi connectivity index (χ4v) is 9.58. The van der Waals surface area contributed by atoms with Gasteiger partial charge in [0.05, 0.1) is 51.4 Å². The zero-order valence-electron chi connectivity index (χ0n) is 36.6. The molecule has 318 valence electrons. The Bertz CT molecular complexity index is 1960. The van der Waals surface area contributed by atoms with Crippen molar-refractivity contribution in [2.75, 3.05) is 21.3 Å². The molecule has 4 aliphatic rings. The van der Waals surface area contributed by atoms with Crippen LogP contribution in [0.4, 0.5) is 0 Å². The molecule has 3 saturated carbocycles. The predicted octanol–water partition coefficient (Wildman–Crippen LogP) is 7.70. The summed E-state index contributed by atoms with van der Waals surface area (Å²) >= 11 is 0. The van der Waals surface area contributed by atoms with Crippen molar-refractivity contribution in [2.24, 2.45) is 29.1 Å². The first-order valence-electron chi connectivity index (χ1n) is 21.1. The minimum absolute atomic E-state index is 0.0255. The molecule has 0 unspecified atom stereocenters. The molecule has 1 saturated heterocycles. The Hall–Kier alpha value is -4.68. The highest BCUT2D eigenvalue weighted by Crippen LogP contribution is 2.65. The van der Waals surface area contributed by atoms with Gasteiger partial charge in [-0.3, -0.25) is 9.59 Å². The molecular weight excluding hydrogens is 745 g/mol. The van der Waals surface area contributed by atoms with E-state index in [1.807, 2.05) is 74.5 Å². The van der Waals surface area contributed by atoms with Crippen LogP contribution in [0.3, 0.4) is 0 Å². The summed E-state index contributed by atoms with van der Waals surface area (Å²) in [5.41, 5.74) is 1.93. The van der Waals surface area contributed by atoms with Crippen molar-refractivity contribution >= 4 is 18.9 Å². The lowest BCUT2D eigenvalue weighted by atomic mass is 9.43. The van der Waals surface area contributed by atoms with E-state index in [0.717, 1.165) is 18.4 Å². The number of para-hydroxylation sites is 1. The molecule has 3 aromatic carbocycles. The van der Waals surface area contributed by atoms with Crippen molar-refractivity contribution in [2.45, 2.75) is 110 Å². The monoisotopic (exact) mass is 809 g/mol. The number of amides is 2. The number of benzene rings is 3. The Morgan fingerprint density at radius 1 is 0.864 bits per heavy atom. The van der Waals surface area contributed by atoms with Crippen LogP contribution in [-0.2, 0) is 31.7 Å². The predicted molar refractivity (Wildman–Crippen MR) is 231 cm³/mol. The van der Waals surface area contributed by atoms with Crippen molar-refractivity contribution in [1.29, 1.82) is 0 Å². The van der Waals surface area contributed by atoms with Crippen molar-refractivity contribution in [3.63, 3.8) is 0 Å². The minimum atomic E-state index is -0.988. The summed E-state index contributed by atoms with van der Waals surface area (Å²) in [6.07, 6.45) is 3.15. The number of nitrogens with one attached hydrogen (secondary N) is 3. The molecule has 1 heterocycles. The lowest BCUT2D eigenvalue weighted by Crippen LogP contribution is -2.65. The van der Waals surface area contributed by atoms with Crippen molar-refractivity contribution in [3.8, 4) is 28.7 Å². The van der Waals surface area contributed by atoms with Gasteiger partial charge in [0.1, 0.15) is 17.5 Å². The summed E-state index contributed by atoms with van der Waals surface area (Å²) in [5, 5.41) is 9.96. The second-order valence-corrected chi connectivity index (χ2v) is 18.0. The van der Waals surface area contributed by atoms with E-state index < -0.39 is 19.2 Å². The number of ether oxygens (including phenoxy) is 4. The van der Waals surface area contributed by atoms with Gasteiger partial charge in [0.15, 0.2) is 11.5 Å². The summed E-state index contributed by atoms with van der Waals surface area (Å²) in [6.45, 7) is 19.9. The van der Waals surface area contributed by atoms with Crippen molar-refractivity contribution < 1.29 is 37.8 Å². The quantitative estimate of drug-likeness (QED) is 0.105. The number of hydrogen-bond donors (Lipinski definition) is 3. The molecule has 7 rings (SSSR count). The molecule has 1 aliphatic heterocycles. The van der Waals surface area contributed by atoms with Gasteiger partial charge in [-0.2, -0.15) is 0 Å². The summed E-state index contributed by atoms with van der Waals surface area (Å²) in [4.78, 5) is 28.4. The number of methoxy groups -OCH3 is 3. The number of carbonyl (C=O) groups is 2. The highest BCUT2D eigenvalue weighted by Gasteiger charge is 2.68. The highest BCUT2D eigenvalue weighted by atomic mass is 16.7. The summed E-state index contributed by atoms with van der Waals surface area (Å²) in [7, 11) is 4.16. The van der Waals surface area contributed by atoms with E-state index in [-0.39, 0.29) is 53.6 Å². The summed E-state index contributed by atoms with van der Waals surface area (Å²) < 4.78 is 36.6. The average molecular weight is 810 g/mol. The van der Waals surface area contributed by atoms with Crippen LogP contribution >= 0.6 is 0 Å². The lowest BCUT2D eigenvalue weighted by Gasteiger charge is -2.64. The van der Waals surface area contributed by atoms with E-state index in [9.17, 15) is 9.59 Å². The highest BCUT2D eigenvalue weighted by molar-refractivity contribution is 6.47. The van der Waals surface area contributed by atoms with E-state index in [0.29, 0.717) is 57.8 Å². The molecule has 59 heavy (non-hydrogen) atoms. The van der Waals surface area contributed by atoms with Crippen molar-refractivity contribution in [3.05, 3.63) is 90.1 Å². The van der Waals surface area contributed by atoms with E-state index >= 15 is 0 Å². The fourth-order valence-electron chi connectivity index (χ4n) is 9.58. The van der Waals surface area contributed by atoms with Gasteiger partial charge in [0.25, 0.3) is 0 Å². The topological polar surface area (TPSA) is 126 Å². The fraction of sp³-hybridized carbons (Fsp3) is 0.532. The molecule has 0 radical (unpaired) electrons. The van der Waals surface area contributed by atoms with Crippen LogP contribution in [0.1, 0.15) is 78.9 Å². The molecular formula is C47H64BN3O8. The van der Waals surface area contributed by atoms with Crippen LogP contribution in [0, 0.1) is 29.1 Å². The molecule has 0 spiro atoms. The SMILES string of the molecule is C=C(N[C@@H](CC(C)C)B1O[C@@H]2C[C@H]3C[C@H](C3(C)C)[C@]2(C)O1)[C@@H](NC(=O)[C@H](Cc1ccc(OC)c(OC)c1OC)NC(=O)Cc1cccc(Oc2ccccc2)c1)C(C)C. The van der Waals surface area contributed by atoms with E-state index in [2.05, 4.69) is 57.1 Å². The molecule has 3 aliphatic carbocycles. The molecule has 7 atom stereocenters. The van der Waals surface area contributed by atoms with Gasteiger partial charge in [-0.15, -0.1) is 0 Å². The Morgan fingerprint density at radius 3 is 2.22 bits per heavy atom. The number of carbonyl (C=O) groups excluding carboxylic acids is 2. The smallest absolute Gasteiger partial charge is 0.481 e. The van der Waals surface area contributed by atoms with Crippen molar-refractivity contribution in [1.82, 2.24) is 16.0 Å². The third kappa shape index (κ3) is 9.54. The second-order valence-electron chi connectivity index (χ2n) is 18.0. The maximum Gasteiger partial charge on any atom is 0.481 e. The Balaban J connectivity index is 1.21. The molecule has 2 bridgehead atoms. The first-order chi connectivity index (χ1) is 28.1. The molecule has 0 aromatic heterocycles. The van der Waals surface area contributed by atoms with Crippen LogP contribution in [0.25, 0.3) is 0 Å². The van der Waals surface area contributed by atoms with Gasteiger partial charge in [0, 0.05) is 17.7 Å². The number of hydrogen-bond acceptors (Lipinski definition) is 9. The molecule has 3 aromatic rings.